The molecule has 0 aromatic carbocycles. The molecule has 62 valence electrons. The number of ether oxygens (including phenoxy) is 1. The lowest BCUT2D eigenvalue weighted by Gasteiger charge is -1.94. The molecule has 0 aliphatic rings. The van der Waals surface area contributed by atoms with Gasteiger partial charge in [0.25, 0.3) is 0 Å². The topological polar surface area (TPSA) is 38.3 Å². The van der Waals surface area contributed by atoms with Crippen LogP contribution >= 0.6 is 0 Å². The third-order valence-electron chi connectivity index (χ3n) is 1.03. The van der Waals surface area contributed by atoms with Crippen molar-refractivity contribution in [3.63, 3.8) is 0 Å². The SMILES string of the molecule is C=CCCN/C=C/C(=O)OC. The molecular weight excluding hydrogens is 142 g/mol. The van der Waals surface area contributed by atoms with E-state index in [2.05, 4.69) is 16.6 Å². The van der Waals surface area contributed by atoms with Gasteiger partial charge in [-0.3, -0.25) is 0 Å². The number of rotatable bonds is 5. The molecule has 0 amide bonds. The van der Waals surface area contributed by atoms with E-state index in [1.54, 1.807) is 12.3 Å². The van der Waals surface area contributed by atoms with E-state index in [1.807, 2.05) is 0 Å². The molecule has 0 unspecified atom stereocenters. The molecule has 0 aromatic heterocycles. The molecule has 11 heavy (non-hydrogen) atoms. The van der Waals surface area contributed by atoms with Gasteiger partial charge in [0.05, 0.1) is 7.11 Å². The molecule has 0 spiro atoms. The monoisotopic (exact) mass is 155 g/mol. The number of hydrogen-bond donors (Lipinski definition) is 1. The maximum Gasteiger partial charge on any atom is 0.331 e. The summed E-state index contributed by atoms with van der Waals surface area (Å²) >= 11 is 0. The summed E-state index contributed by atoms with van der Waals surface area (Å²) in [4.78, 5) is 10.5. The second kappa shape index (κ2) is 6.86. The highest BCUT2D eigenvalue weighted by Crippen LogP contribution is 1.77. The highest BCUT2D eigenvalue weighted by Gasteiger charge is 1.87. The summed E-state index contributed by atoms with van der Waals surface area (Å²) in [6.07, 6.45) is 5.59. The lowest BCUT2D eigenvalue weighted by molar-refractivity contribution is -0.134. The summed E-state index contributed by atoms with van der Waals surface area (Å²) in [6.45, 7) is 4.34. The molecule has 0 radical (unpaired) electrons. The van der Waals surface area contributed by atoms with Crippen LogP contribution in [0.1, 0.15) is 6.42 Å². The van der Waals surface area contributed by atoms with Crippen LogP contribution in [0.15, 0.2) is 24.9 Å². The molecule has 1 N–H and O–H groups in total. The Labute approximate surface area is 66.7 Å². The van der Waals surface area contributed by atoms with Gasteiger partial charge in [0.2, 0.25) is 0 Å². The van der Waals surface area contributed by atoms with Crippen LogP contribution in [0.4, 0.5) is 0 Å². The minimum Gasteiger partial charge on any atom is -0.466 e. The van der Waals surface area contributed by atoms with E-state index in [0.717, 1.165) is 13.0 Å². The Balaban J connectivity index is 3.29. The van der Waals surface area contributed by atoms with E-state index < -0.39 is 0 Å². The molecule has 3 heteroatoms. The van der Waals surface area contributed by atoms with Crippen molar-refractivity contribution in [3.05, 3.63) is 24.9 Å². The lowest BCUT2D eigenvalue weighted by Crippen LogP contribution is -2.07. The molecule has 0 saturated carbocycles. The first kappa shape index (κ1) is 9.75. The molecule has 0 aliphatic carbocycles. The minimum atomic E-state index is -0.351. The third kappa shape index (κ3) is 6.64. The average molecular weight is 155 g/mol. The molecule has 0 saturated heterocycles. The summed E-state index contributed by atoms with van der Waals surface area (Å²) in [5.74, 6) is -0.351. The van der Waals surface area contributed by atoms with Gasteiger partial charge in [-0.2, -0.15) is 0 Å². The molecule has 0 atom stereocenters. The van der Waals surface area contributed by atoms with Gasteiger partial charge >= 0.3 is 5.97 Å². The van der Waals surface area contributed by atoms with Gasteiger partial charge in [-0.1, -0.05) is 6.08 Å². The molecule has 0 aromatic rings. The van der Waals surface area contributed by atoms with Crippen molar-refractivity contribution in [1.29, 1.82) is 0 Å². The van der Waals surface area contributed by atoms with Gasteiger partial charge in [-0.25, -0.2) is 4.79 Å². The summed E-state index contributed by atoms with van der Waals surface area (Å²) in [6, 6.07) is 0. The predicted octanol–water partition coefficient (Wildman–Crippen LogP) is 0.839. The number of methoxy groups -OCH3 is 1. The normalized spacial score (nSPS) is 9.55. The van der Waals surface area contributed by atoms with E-state index in [0.29, 0.717) is 0 Å². The zero-order chi connectivity index (χ0) is 8.53. The summed E-state index contributed by atoms with van der Waals surface area (Å²) in [7, 11) is 1.34. The summed E-state index contributed by atoms with van der Waals surface area (Å²) in [5, 5.41) is 2.90. The Hall–Kier alpha value is -1.25. The Morgan fingerprint density at radius 1 is 1.73 bits per heavy atom. The fourth-order valence-corrected chi connectivity index (χ4v) is 0.464. The number of carbonyl (C=O) groups excluding carboxylic acids is 1. The van der Waals surface area contributed by atoms with E-state index >= 15 is 0 Å². The second-order valence-corrected chi connectivity index (χ2v) is 1.89. The largest absolute Gasteiger partial charge is 0.466 e. The number of hydrogen-bond acceptors (Lipinski definition) is 3. The molecule has 0 rings (SSSR count). The highest BCUT2D eigenvalue weighted by atomic mass is 16.5. The van der Waals surface area contributed by atoms with Crippen LogP contribution in [-0.4, -0.2) is 19.6 Å². The van der Waals surface area contributed by atoms with E-state index in [9.17, 15) is 4.79 Å². The maximum absolute atomic E-state index is 10.5. The smallest absolute Gasteiger partial charge is 0.331 e. The lowest BCUT2D eigenvalue weighted by atomic mass is 10.4. The van der Waals surface area contributed by atoms with Crippen molar-refractivity contribution in [1.82, 2.24) is 5.32 Å². The number of nitrogens with one attached hydrogen (secondary N) is 1. The van der Waals surface area contributed by atoms with Gasteiger partial charge in [0.15, 0.2) is 0 Å². The molecule has 0 fully saturated rings. The third-order valence-corrected chi connectivity index (χ3v) is 1.03. The van der Waals surface area contributed by atoms with E-state index in [-0.39, 0.29) is 5.97 Å². The highest BCUT2D eigenvalue weighted by molar-refractivity contribution is 5.81. The zero-order valence-corrected chi connectivity index (χ0v) is 6.67. The zero-order valence-electron chi connectivity index (χ0n) is 6.67. The fourth-order valence-electron chi connectivity index (χ4n) is 0.464. The van der Waals surface area contributed by atoms with Crippen LogP contribution in [0.3, 0.4) is 0 Å². The fraction of sp³-hybridized carbons (Fsp3) is 0.375. The van der Waals surface area contributed by atoms with E-state index in [4.69, 9.17) is 0 Å². The van der Waals surface area contributed by atoms with Crippen LogP contribution < -0.4 is 5.32 Å². The predicted molar refractivity (Wildman–Crippen MR) is 44.0 cm³/mol. The van der Waals surface area contributed by atoms with Gasteiger partial charge in [-0.05, 0) is 6.42 Å². The van der Waals surface area contributed by atoms with Gasteiger partial charge in [0, 0.05) is 18.8 Å². The number of carbonyl (C=O) groups is 1. The summed E-state index contributed by atoms with van der Waals surface area (Å²) < 4.78 is 4.37. The van der Waals surface area contributed by atoms with Crippen molar-refractivity contribution in [3.8, 4) is 0 Å². The van der Waals surface area contributed by atoms with Crippen LogP contribution in [0.2, 0.25) is 0 Å². The van der Waals surface area contributed by atoms with Crippen molar-refractivity contribution in [2.75, 3.05) is 13.7 Å². The van der Waals surface area contributed by atoms with Crippen molar-refractivity contribution in [2.24, 2.45) is 0 Å². The first-order chi connectivity index (χ1) is 5.31. The van der Waals surface area contributed by atoms with E-state index in [1.165, 1.54) is 13.2 Å². The second-order valence-electron chi connectivity index (χ2n) is 1.89. The molecular formula is C8H13NO2. The summed E-state index contributed by atoms with van der Waals surface area (Å²) in [5.41, 5.74) is 0. The quantitative estimate of drug-likeness (QED) is 0.277. The maximum atomic E-state index is 10.5. The van der Waals surface area contributed by atoms with Gasteiger partial charge in [0.1, 0.15) is 0 Å². The Morgan fingerprint density at radius 2 is 2.45 bits per heavy atom. The van der Waals surface area contributed by atoms with Crippen LogP contribution in [0.5, 0.6) is 0 Å². The van der Waals surface area contributed by atoms with Crippen LogP contribution in [-0.2, 0) is 9.53 Å². The molecule has 0 heterocycles. The van der Waals surface area contributed by atoms with Gasteiger partial charge < -0.3 is 10.1 Å². The Morgan fingerprint density at radius 3 is 3.00 bits per heavy atom. The Bertz CT molecular complexity index is 152. The first-order valence-corrected chi connectivity index (χ1v) is 3.40. The molecule has 0 aliphatic heterocycles. The first-order valence-electron chi connectivity index (χ1n) is 3.40. The van der Waals surface area contributed by atoms with Crippen molar-refractivity contribution in [2.45, 2.75) is 6.42 Å². The molecule has 3 nitrogen and oxygen atoms in total. The van der Waals surface area contributed by atoms with Crippen molar-refractivity contribution < 1.29 is 9.53 Å². The van der Waals surface area contributed by atoms with Gasteiger partial charge in [-0.15, -0.1) is 6.58 Å². The van der Waals surface area contributed by atoms with Crippen molar-refractivity contribution >= 4 is 5.97 Å². The average Bonchev–Trinajstić information content (AvgIpc) is 2.04. The van der Waals surface area contributed by atoms with Crippen LogP contribution in [0, 0.1) is 0 Å². The molecule has 0 bridgehead atoms. The van der Waals surface area contributed by atoms with Crippen LogP contribution in [0.25, 0.3) is 0 Å². The number of esters is 1. The Kier molecular flexibility index (Phi) is 6.08. The minimum absolute atomic E-state index is 0.351. The standard InChI is InChI=1S/C8H13NO2/c1-3-4-6-9-7-5-8(10)11-2/h3,5,7,9H,1,4,6H2,2H3/b7-5+.